The fraction of sp³-hybridized carbons (Fsp3) is 0.182. The highest BCUT2D eigenvalue weighted by Gasteiger charge is 2.21. The van der Waals surface area contributed by atoms with Crippen molar-refractivity contribution in [2.24, 2.45) is 7.05 Å². The maximum absolute atomic E-state index is 12.6. The first-order valence-corrected chi connectivity index (χ1v) is 9.87. The molecule has 4 aromatic rings. The second kappa shape index (κ2) is 8.80. The van der Waals surface area contributed by atoms with Gasteiger partial charge in [-0.05, 0) is 31.0 Å². The maximum Gasteiger partial charge on any atom is 0.351 e. The lowest BCUT2D eigenvalue weighted by Gasteiger charge is -2.07. The molecule has 1 N–H and O–H groups in total. The van der Waals surface area contributed by atoms with E-state index in [9.17, 15) is 14.4 Å². The third-order valence-corrected chi connectivity index (χ3v) is 4.83. The summed E-state index contributed by atoms with van der Waals surface area (Å²) in [6.07, 6.45) is 0.636. The molecule has 4 rings (SSSR count). The number of carbonyl (C=O) groups is 1. The number of nitrogens with zero attached hydrogens (tertiary/aromatic N) is 5. The Balaban J connectivity index is 1.54. The average molecular weight is 432 g/mol. The molecule has 0 bridgehead atoms. The molecule has 0 spiro atoms. The monoisotopic (exact) mass is 432 g/mol. The molecule has 0 radical (unpaired) electrons. The van der Waals surface area contributed by atoms with E-state index in [0.717, 1.165) is 20.4 Å². The van der Waals surface area contributed by atoms with Crippen LogP contribution in [0.2, 0.25) is 0 Å². The van der Waals surface area contributed by atoms with Crippen molar-refractivity contribution in [3.8, 4) is 17.2 Å². The van der Waals surface area contributed by atoms with E-state index in [2.05, 4.69) is 20.6 Å². The van der Waals surface area contributed by atoms with Crippen LogP contribution in [0.4, 0.5) is 0 Å². The van der Waals surface area contributed by atoms with Crippen molar-refractivity contribution in [3.05, 3.63) is 92.5 Å². The summed E-state index contributed by atoms with van der Waals surface area (Å²) < 4.78 is 6.98. The summed E-state index contributed by atoms with van der Waals surface area (Å²) in [7, 11) is 1.33. The van der Waals surface area contributed by atoms with Crippen LogP contribution in [-0.2, 0) is 13.5 Å². The third-order valence-electron chi connectivity index (χ3n) is 4.83. The molecule has 162 valence electrons. The van der Waals surface area contributed by atoms with E-state index in [1.54, 1.807) is 30.3 Å². The summed E-state index contributed by atoms with van der Waals surface area (Å²) in [4.78, 5) is 41.4. The standard InChI is InChI=1S/C22H20N6O4/c1-14-8-10-15(11-9-14)12-13-23-19(29)20-24-18(26-32-20)17-21(30)27(2)22(31)28(25-17)16-6-4-3-5-7-16/h3-11H,12-13H2,1-2H3,(H,23,29). The molecule has 0 atom stereocenters. The topological polar surface area (TPSA) is 125 Å². The highest BCUT2D eigenvalue weighted by molar-refractivity contribution is 5.89. The molecule has 0 saturated carbocycles. The van der Waals surface area contributed by atoms with Gasteiger partial charge in [0.1, 0.15) is 0 Å². The van der Waals surface area contributed by atoms with Gasteiger partial charge in [0.2, 0.25) is 5.82 Å². The van der Waals surface area contributed by atoms with Crippen molar-refractivity contribution in [1.29, 1.82) is 0 Å². The average Bonchev–Trinajstić information content (AvgIpc) is 3.30. The minimum atomic E-state index is -0.700. The summed E-state index contributed by atoms with van der Waals surface area (Å²) in [5.74, 6) is -1.05. The Labute approximate surface area is 182 Å². The van der Waals surface area contributed by atoms with Gasteiger partial charge in [-0.2, -0.15) is 14.8 Å². The Hall–Kier alpha value is -4.34. The molecule has 32 heavy (non-hydrogen) atoms. The van der Waals surface area contributed by atoms with Crippen molar-refractivity contribution in [2.75, 3.05) is 6.54 Å². The third kappa shape index (κ3) is 4.24. The van der Waals surface area contributed by atoms with Crippen LogP contribution in [-0.4, -0.2) is 36.9 Å². The van der Waals surface area contributed by atoms with E-state index in [1.807, 2.05) is 31.2 Å². The van der Waals surface area contributed by atoms with Gasteiger partial charge < -0.3 is 9.84 Å². The molecule has 0 fully saturated rings. The molecule has 0 aliphatic carbocycles. The van der Waals surface area contributed by atoms with E-state index >= 15 is 0 Å². The van der Waals surface area contributed by atoms with Crippen molar-refractivity contribution >= 4 is 5.91 Å². The van der Waals surface area contributed by atoms with Crippen LogP contribution in [0.15, 0.2) is 68.7 Å². The first-order valence-electron chi connectivity index (χ1n) is 9.87. The number of rotatable bonds is 6. The lowest BCUT2D eigenvalue weighted by Crippen LogP contribution is -2.40. The van der Waals surface area contributed by atoms with Crippen molar-refractivity contribution in [3.63, 3.8) is 0 Å². The number of hydrogen-bond donors (Lipinski definition) is 1. The molecule has 10 nitrogen and oxygen atoms in total. The highest BCUT2D eigenvalue weighted by Crippen LogP contribution is 2.10. The second-order valence-corrected chi connectivity index (χ2v) is 7.16. The van der Waals surface area contributed by atoms with Gasteiger partial charge in [-0.1, -0.05) is 53.2 Å². The van der Waals surface area contributed by atoms with Crippen molar-refractivity contribution in [1.82, 2.24) is 29.8 Å². The number of aryl methyl sites for hydroxylation is 1. The predicted molar refractivity (Wildman–Crippen MR) is 116 cm³/mol. The number of benzene rings is 2. The SMILES string of the molecule is Cc1ccc(CCNC(=O)c2nc(-c3nn(-c4ccccc4)c(=O)n(C)c3=O)no2)cc1. The van der Waals surface area contributed by atoms with Gasteiger partial charge in [0, 0.05) is 13.6 Å². The summed E-state index contributed by atoms with van der Waals surface area (Å²) in [5.41, 5.74) is 1.18. The van der Waals surface area contributed by atoms with Crippen molar-refractivity contribution < 1.29 is 9.32 Å². The molecule has 2 aromatic carbocycles. The van der Waals surface area contributed by atoms with Gasteiger partial charge in [-0.3, -0.25) is 14.2 Å². The van der Waals surface area contributed by atoms with Crippen LogP contribution in [0.3, 0.4) is 0 Å². The number of amides is 1. The predicted octanol–water partition coefficient (Wildman–Crippen LogP) is 1.26. The Morgan fingerprint density at radius 3 is 2.50 bits per heavy atom. The van der Waals surface area contributed by atoms with Crippen LogP contribution >= 0.6 is 0 Å². The molecule has 0 aliphatic heterocycles. The largest absolute Gasteiger partial charge is 0.351 e. The molecule has 0 aliphatic rings. The van der Waals surface area contributed by atoms with Gasteiger partial charge in [0.25, 0.3) is 5.56 Å². The fourth-order valence-electron chi connectivity index (χ4n) is 3.01. The van der Waals surface area contributed by atoms with Crippen LogP contribution in [0, 0.1) is 6.92 Å². The molecule has 10 heteroatoms. The first-order chi connectivity index (χ1) is 15.4. The summed E-state index contributed by atoms with van der Waals surface area (Å²) in [5, 5.41) is 10.5. The molecule has 2 heterocycles. The normalized spacial score (nSPS) is 10.8. The van der Waals surface area contributed by atoms with E-state index in [-0.39, 0.29) is 17.4 Å². The molecule has 0 saturated heterocycles. The smallest absolute Gasteiger partial charge is 0.347 e. The number of nitrogens with one attached hydrogen (secondary N) is 1. The van der Waals surface area contributed by atoms with Gasteiger partial charge in [0.05, 0.1) is 5.69 Å². The lowest BCUT2D eigenvalue weighted by atomic mass is 10.1. The zero-order valence-corrected chi connectivity index (χ0v) is 17.5. The summed E-state index contributed by atoms with van der Waals surface area (Å²) >= 11 is 0. The van der Waals surface area contributed by atoms with E-state index in [1.165, 1.54) is 7.05 Å². The van der Waals surface area contributed by atoms with Crippen molar-refractivity contribution in [2.45, 2.75) is 13.3 Å². The first kappa shape index (κ1) is 20.9. The van der Waals surface area contributed by atoms with E-state index < -0.39 is 17.2 Å². The molecular weight excluding hydrogens is 412 g/mol. The fourth-order valence-corrected chi connectivity index (χ4v) is 3.01. The quantitative estimate of drug-likeness (QED) is 0.486. The lowest BCUT2D eigenvalue weighted by molar-refractivity contribution is 0.0910. The Bertz CT molecular complexity index is 1370. The van der Waals surface area contributed by atoms with Gasteiger partial charge in [0.15, 0.2) is 5.69 Å². The molecule has 2 aromatic heterocycles. The van der Waals surface area contributed by atoms with Crippen LogP contribution in [0.5, 0.6) is 0 Å². The van der Waals surface area contributed by atoms with E-state index in [4.69, 9.17) is 4.52 Å². The minimum Gasteiger partial charge on any atom is -0.347 e. The second-order valence-electron chi connectivity index (χ2n) is 7.16. The zero-order chi connectivity index (χ0) is 22.7. The Morgan fingerprint density at radius 1 is 1.06 bits per heavy atom. The molecule has 1 amide bonds. The van der Waals surface area contributed by atoms with Crippen LogP contribution in [0.25, 0.3) is 17.2 Å². The number of carbonyl (C=O) groups excluding carboxylic acids is 1. The van der Waals surface area contributed by atoms with Gasteiger partial charge in [-0.15, -0.1) is 0 Å². The Morgan fingerprint density at radius 2 is 1.78 bits per heavy atom. The highest BCUT2D eigenvalue weighted by atomic mass is 16.5. The number of hydrogen-bond acceptors (Lipinski definition) is 7. The van der Waals surface area contributed by atoms with Crippen LogP contribution < -0.4 is 16.6 Å². The van der Waals surface area contributed by atoms with Crippen LogP contribution in [0.1, 0.15) is 21.8 Å². The van der Waals surface area contributed by atoms with Gasteiger partial charge >= 0.3 is 17.5 Å². The summed E-state index contributed by atoms with van der Waals surface area (Å²) in [6, 6.07) is 16.6. The number of aromatic nitrogens is 5. The van der Waals surface area contributed by atoms with Gasteiger partial charge in [-0.25, -0.2) is 4.79 Å². The Kier molecular flexibility index (Phi) is 5.75. The molecule has 0 unspecified atom stereocenters. The maximum atomic E-state index is 12.6. The minimum absolute atomic E-state index is 0.182. The zero-order valence-electron chi connectivity index (χ0n) is 17.5. The summed E-state index contributed by atoms with van der Waals surface area (Å²) in [6.45, 7) is 2.38. The number of para-hydroxylation sites is 1. The molecular formula is C22H20N6O4. The van der Waals surface area contributed by atoms with E-state index in [0.29, 0.717) is 18.7 Å².